The zero-order chi connectivity index (χ0) is 20.4. The molecule has 0 bridgehead atoms. The standard InChI is InChI=1S/C19H34N4O3S2/c1-4-20-19(21-13-8-14-26-16-9-6-5-7-10-16)22-15-17-11-12-18(27-17)28(24,25)23(2)3/h11-12,16H,4-10,13-15H2,1-3H3,(H2,20,21,22). The van der Waals surface area contributed by atoms with Crippen molar-refractivity contribution in [1.29, 1.82) is 0 Å². The van der Waals surface area contributed by atoms with E-state index in [1.807, 2.05) is 13.0 Å². The molecule has 1 fully saturated rings. The third-order valence-electron chi connectivity index (χ3n) is 4.63. The van der Waals surface area contributed by atoms with Gasteiger partial charge in [-0.25, -0.2) is 17.7 Å². The van der Waals surface area contributed by atoms with Gasteiger partial charge in [-0.3, -0.25) is 0 Å². The lowest BCUT2D eigenvalue weighted by molar-refractivity contribution is 0.0277. The van der Waals surface area contributed by atoms with E-state index >= 15 is 0 Å². The molecule has 0 atom stereocenters. The van der Waals surface area contributed by atoms with Crippen LogP contribution in [0.1, 0.15) is 50.3 Å². The molecule has 1 aromatic rings. The molecule has 0 aliphatic heterocycles. The normalized spacial score (nSPS) is 16.5. The summed E-state index contributed by atoms with van der Waals surface area (Å²) in [5.74, 6) is 0.741. The van der Waals surface area contributed by atoms with E-state index in [1.165, 1.54) is 61.8 Å². The molecule has 2 N–H and O–H groups in total. The Balaban J connectivity index is 1.77. The van der Waals surface area contributed by atoms with Crippen molar-refractivity contribution in [2.75, 3.05) is 33.8 Å². The zero-order valence-electron chi connectivity index (χ0n) is 17.2. The first-order valence-corrected chi connectivity index (χ1v) is 12.3. The van der Waals surface area contributed by atoms with Gasteiger partial charge in [-0.2, -0.15) is 0 Å². The second kappa shape index (κ2) is 11.7. The summed E-state index contributed by atoms with van der Waals surface area (Å²) in [5, 5.41) is 6.55. The third kappa shape index (κ3) is 7.35. The first-order valence-electron chi connectivity index (χ1n) is 10.1. The number of thiophene rings is 1. The molecule has 160 valence electrons. The number of sulfonamides is 1. The number of nitrogens with one attached hydrogen (secondary N) is 2. The quantitative estimate of drug-likeness (QED) is 0.339. The molecule has 1 aromatic heterocycles. The molecular weight excluding hydrogens is 396 g/mol. The topological polar surface area (TPSA) is 83.0 Å². The van der Waals surface area contributed by atoms with E-state index in [2.05, 4.69) is 15.6 Å². The van der Waals surface area contributed by atoms with Crippen molar-refractivity contribution < 1.29 is 13.2 Å². The number of ether oxygens (including phenoxy) is 1. The Morgan fingerprint density at radius 3 is 2.68 bits per heavy atom. The van der Waals surface area contributed by atoms with E-state index in [0.29, 0.717) is 16.9 Å². The van der Waals surface area contributed by atoms with Crippen molar-refractivity contribution >= 4 is 27.3 Å². The lowest BCUT2D eigenvalue weighted by Crippen LogP contribution is -2.38. The van der Waals surface area contributed by atoms with Crippen LogP contribution in [0.3, 0.4) is 0 Å². The Morgan fingerprint density at radius 2 is 2.00 bits per heavy atom. The van der Waals surface area contributed by atoms with Crippen LogP contribution >= 0.6 is 11.3 Å². The van der Waals surface area contributed by atoms with E-state index < -0.39 is 10.0 Å². The van der Waals surface area contributed by atoms with Gasteiger partial charge in [-0.15, -0.1) is 11.3 Å². The highest BCUT2D eigenvalue weighted by atomic mass is 32.2. The van der Waals surface area contributed by atoms with Crippen LogP contribution < -0.4 is 10.6 Å². The van der Waals surface area contributed by atoms with Crippen LogP contribution in [0.2, 0.25) is 0 Å². The Hall–Kier alpha value is -1.16. The summed E-state index contributed by atoms with van der Waals surface area (Å²) >= 11 is 1.26. The highest BCUT2D eigenvalue weighted by Gasteiger charge is 2.19. The lowest BCUT2D eigenvalue weighted by Gasteiger charge is -2.22. The van der Waals surface area contributed by atoms with Gasteiger partial charge in [0, 0.05) is 38.7 Å². The molecule has 2 rings (SSSR count). The lowest BCUT2D eigenvalue weighted by atomic mass is 9.98. The van der Waals surface area contributed by atoms with E-state index in [1.54, 1.807) is 6.07 Å². The number of guanidine groups is 1. The number of hydrogen-bond donors (Lipinski definition) is 2. The van der Waals surface area contributed by atoms with Crippen LogP contribution in [0.25, 0.3) is 0 Å². The molecule has 28 heavy (non-hydrogen) atoms. The van der Waals surface area contributed by atoms with Crippen molar-refractivity contribution in [1.82, 2.24) is 14.9 Å². The second-order valence-electron chi connectivity index (χ2n) is 7.11. The van der Waals surface area contributed by atoms with Gasteiger partial charge < -0.3 is 15.4 Å². The summed E-state index contributed by atoms with van der Waals surface area (Å²) in [6, 6.07) is 3.47. The third-order valence-corrected chi connectivity index (χ3v) is 7.98. The minimum atomic E-state index is -3.38. The number of aliphatic imine (C=N–C) groups is 1. The van der Waals surface area contributed by atoms with Gasteiger partial charge in [0.15, 0.2) is 5.96 Å². The molecule has 7 nitrogen and oxygen atoms in total. The molecular formula is C19H34N4O3S2. The average molecular weight is 431 g/mol. The molecule has 0 amide bonds. The van der Waals surface area contributed by atoms with Gasteiger partial charge in [-0.05, 0) is 38.3 Å². The first kappa shape index (κ1) is 23.1. The maximum absolute atomic E-state index is 12.2. The number of hydrogen-bond acceptors (Lipinski definition) is 5. The van der Waals surface area contributed by atoms with Crippen molar-refractivity contribution in [3.8, 4) is 0 Å². The highest BCUT2D eigenvalue weighted by molar-refractivity contribution is 7.91. The molecule has 1 aliphatic carbocycles. The minimum Gasteiger partial charge on any atom is -0.378 e. The summed E-state index contributed by atoms with van der Waals surface area (Å²) in [6.45, 7) is 4.81. The molecule has 1 saturated carbocycles. The average Bonchev–Trinajstić information content (AvgIpc) is 3.16. The fourth-order valence-electron chi connectivity index (χ4n) is 3.02. The summed E-state index contributed by atoms with van der Waals surface area (Å²) < 4.78 is 31.9. The smallest absolute Gasteiger partial charge is 0.252 e. The molecule has 0 radical (unpaired) electrons. The SMILES string of the molecule is CCNC(=NCc1ccc(S(=O)(=O)N(C)C)s1)NCCCOC1CCCCC1. The molecule has 1 heterocycles. The van der Waals surface area contributed by atoms with Gasteiger partial charge in [-0.1, -0.05) is 19.3 Å². The maximum Gasteiger partial charge on any atom is 0.252 e. The van der Waals surface area contributed by atoms with E-state index in [0.717, 1.165) is 37.0 Å². The Kier molecular flexibility index (Phi) is 9.70. The largest absolute Gasteiger partial charge is 0.378 e. The van der Waals surface area contributed by atoms with Crippen LogP contribution in [0.15, 0.2) is 21.3 Å². The molecule has 1 aliphatic rings. The van der Waals surface area contributed by atoms with Crippen molar-refractivity contribution in [2.45, 2.75) is 62.3 Å². The number of nitrogens with zero attached hydrogens (tertiary/aromatic N) is 2. The Morgan fingerprint density at radius 1 is 1.25 bits per heavy atom. The van der Waals surface area contributed by atoms with Crippen LogP contribution in [0.5, 0.6) is 0 Å². The predicted molar refractivity (Wildman–Crippen MR) is 115 cm³/mol. The van der Waals surface area contributed by atoms with Crippen LogP contribution in [0.4, 0.5) is 0 Å². The molecule has 0 spiro atoms. The van der Waals surface area contributed by atoms with E-state index in [-0.39, 0.29) is 0 Å². The van der Waals surface area contributed by atoms with Crippen LogP contribution in [-0.2, 0) is 21.3 Å². The Labute approximate surface area is 173 Å². The fraction of sp³-hybridized carbons (Fsp3) is 0.737. The van der Waals surface area contributed by atoms with Gasteiger partial charge in [0.25, 0.3) is 10.0 Å². The molecule has 0 saturated heterocycles. The highest BCUT2D eigenvalue weighted by Crippen LogP contribution is 2.24. The van der Waals surface area contributed by atoms with Crippen molar-refractivity contribution in [3.05, 3.63) is 17.0 Å². The van der Waals surface area contributed by atoms with E-state index in [4.69, 9.17) is 4.74 Å². The summed E-state index contributed by atoms with van der Waals surface area (Å²) in [7, 11) is -0.297. The van der Waals surface area contributed by atoms with Crippen LogP contribution in [0, 0.1) is 0 Å². The maximum atomic E-state index is 12.2. The summed E-state index contributed by atoms with van der Waals surface area (Å²) in [5.41, 5.74) is 0. The van der Waals surface area contributed by atoms with Gasteiger partial charge >= 0.3 is 0 Å². The van der Waals surface area contributed by atoms with Crippen LogP contribution in [-0.4, -0.2) is 58.6 Å². The van der Waals surface area contributed by atoms with Gasteiger partial charge in [0.2, 0.25) is 0 Å². The predicted octanol–water partition coefficient (Wildman–Crippen LogP) is 2.79. The zero-order valence-corrected chi connectivity index (χ0v) is 18.9. The minimum absolute atomic E-state index is 0.348. The Bertz CT molecular complexity index is 711. The number of rotatable bonds is 10. The molecule has 0 aromatic carbocycles. The van der Waals surface area contributed by atoms with E-state index in [9.17, 15) is 8.42 Å². The van der Waals surface area contributed by atoms with Gasteiger partial charge in [0.05, 0.1) is 12.6 Å². The summed E-state index contributed by atoms with van der Waals surface area (Å²) in [4.78, 5) is 5.48. The van der Waals surface area contributed by atoms with Gasteiger partial charge in [0.1, 0.15) is 4.21 Å². The fourth-order valence-corrected chi connectivity index (χ4v) is 5.47. The molecule has 9 heteroatoms. The van der Waals surface area contributed by atoms with Crippen molar-refractivity contribution in [2.24, 2.45) is 4.99 Å². The molecule has 0 unspecified atom stereocenters. The summed E-state index contributed by atoms with van der Waals surface area (Å²) in [6.07, 6.45) is 7.71. The monoisotopic (exact) mass is 430 g/mol. The van der Waals surface area contributed by atoms with Crippen molar-refractivity contribution in [3.63, 3.8) is 0 Å². The second-order valence-corrected chi connectivity index (χ2v) is 10.7. The first-order chi connectivity index (χ1) is 13.4.